The van der Waals surface area contributed by atoms with Gasteiger partial charge in [0.25, 0.3) is 5.91 Å². The molecule has 0 bridgehead atoms. The van der Waals surface area contributed by atoms with Crippen molar-refractivity contribution in [2.24, 2.45) is 17.3 Å². The number of aliphatic hydroxyl groups is 1. The zero-order valence-corrected chi connectivity index (χ0v) is 33.0. The summed E-state index contributed by atoms with van der Waals surface area (Å²) in [5.74, 6) is -1.71. The summed E-state index contributed by atoms with van der Waals surface area (Å²) in [5.41, 5.74) is 0.517. The van der Waals surface area contributed by atoms with E-state index in [0.717, 1.165) is 5.56 Å². The number of nitrogens with one attached hydrogen (secondary N) is 4. The van der Waals surface area contributed by atoms with Crippen molar-refractivity contribution in [3.63, 3.8) is 0 Å². The molecule has 5 N–H and O–H groups in total. The van der Waals surface area contributed by atoms with Crippen molar-refractivity contribution >= 4 is 41.3 Å². The molecule has 0 radical (unpaired) electrons. The van der Waals surface area contributed by atoms with E-state index in [1.54, 1.807) is 45.0 Å². The van der Waals surface area contributed by atoms with Crippen molar-refractivity contribution in [3.05, 3.63) is 71.8 Å². The molecule has 1 heterocycles. The topological polar surface area (TPSA) is 157 Å². The zero-order valence-electron chi connectivity index (χ0n) is 32.2. The van der Waals surface area contributed by atoms with Gasteiger partial charge in [-0.25, -0.2) is 0 Å². The molecule has 5 atom stereocenters. The quantitative estimate of drug-likeness (QED) is 0.172. The van der Waals surface area contributed by atoms with E-state index in [1.165, 1.54) is 16.7 Å². The Morgan fingerprint density at radius 3 is 2.02 bits per heavy atom. The van der Waals surface area contributed by atoms with Gasteiger partial charge in [0.1, 0.15) is 18.1 Å². The van der Waals surface area contributed by atoms with Crippen LogP contribution in [0.5, 0.6) is 0 Å². The number of carbonyl (C=O) groups excluding carboxylic acids is 5. The monoisotopic (exact) mass is 737 g/mol. The SMILES string of the molecule is CC(C)CCC(=O)N[C@H](C(=O)N[C@H](C(=O)N[C@@H](Cc1ccccc1)[C@H](O)C(=O)N1CSC(C)(C)[C@H]1C(=O)NCC(C)C)C(C)(C)C)c1ccccc1. The van der Waals surface area contributed by atoms with E-state index >= 15 is 0 Å². The maximum absolute atomic E-state index is 14.2. The Morgan fingerprint density at radius 2 is 1.46 bits per heavy atom. The molecular weight excluding hydrogens is 679 g/mol. The van der Waals surface area contributed by atoms with Crippen LogP contribution in [-0.2, 0) is 30.4 Å². The summed E-state index contributed by atoms with van der Waals surface area (Å²) >= 11 is 1.45. The van der Waals surface area contributed by atoms with Gasteiger partial charge in [-0.1, -0.05) is 109 Å². The van der Waals surface area contributed by atoms with E-state index in [9.17, 15) is 29.1 Å². The Morgan fingerprint density at radius 1 is 0.865 bits per heavy atom. The average Bonchev–Trinajstić information content (AvgIpc) is 3.41. The van der Waals surface area contributed by atoms with Gasteiger partial charge in [-0.3, -0.25) is 24.0 Å². The standard InChI is InChI=1S/C40H59N5O6S/c1-25(2)20-21-30(46)43-31(28-18-14-11-15-19-28)35(48)44-33(39(5,6)7)36(49)42-29(22-27-16-12-10-13-17-27)32(47)38(51)45-24-52-40(8,9)34(45)37(50)41-23-26(3)4/h10-19,25-26,29,31-34,47H,20-24H2,1-9H3,(H,41,50)(H,42,49)(H,43,46)(H,44,48)/t29-,31-,32-,33+,34+/m0/s1. The molecule has 2 aromatic carbocycles. The average molecular weight is 738 g/mol. The molecule has 11 nitrogen and oxygen atoms in total. The highest BCUT2D eigenvalue weighted by molar-refractivity contribution is 8.00. The third-order valence-electron chi connectivity index (χ3n) is 9.09. The fraction of sp³-hybridized carbons (Fsp3) is 0.575. The van der Waals surface area contributed by atoms with Crippen LogP contribution < -0.4 is 21.3 Å². The summed E-state index contributed by atoms with van der Waals surface area (Å²) in [7, 11) is 0. The summed E-state index contributed by atoms with van der Waals surface area (Å²) in [6, 6.07) is 13.9. The molecule has 1 fully saturated rings. The molecule has 2 aromatic rings. The van der Waals surface area contributed by atoms with Crippen LogP contribution in [0.25, 0.3) is 0 Å². The number of thioether (sulfide) groups is 1. The Balaban J connectivity index is 1.91. The highest BCUT2D eigenvalue weighted by Crippen LogP contribution is 2.40. The molecule has 286 valence electrons. The zero-order chi connectivity index (χ0) is 38.8. The third-order valence-corrected chi connectivity index (χ3v) is 10.5. The second kappa shape index (κ2) is 18.7. The first kappa shape index (κ1) is 42.5. The molecule has 0 saturated carbocycles. The Hall–Kier alpha value is -3.90. The lowest BCUT2D eigenvalue weighted by atomic mass is 9.85. The van der Waals surface area contributed by atoms with Gasteiger partial charge in [-0.15, -0.1) is 11.8 Å². The number of benzene rings is 2. The number of amides is 5. The van der Waals surface area contributed by atoms with Gasteiger partial charge in [0, 0.05) is 17.7 Å². The molecule has 0 unspecified atom stereocenters. The minimum atomic E-state index is -1.70. The molecule has 0 aliphatic carbocycles. The fourth-order valence-electron chi connectivity index (χ4n) is 6.03. The number of rotatable bonds is 16. The van der Waals surface area contributed by atoms with Crippen molar-refractivity contribution in [1.82, 2.24) is 26.2 Å². The molecule has 12 heteroatoms. The smallest absolute Gasteiger partial charge is 0.254 e. The van der Waals surface area contributed by atoms with E-state index in [2.05, 4.69) is 21.3 Å². The first-order valence-corrected chi connectivity index (χ1v) is 19.2. The van der Waals surface area contributed by atoms with Crippen LogP contribution >= 0.6 is 11.8 Å². The molecular formula is C40H59N5O6S. The first-order chi connectivity index (χ1) is 24.3. The van der Waals surface area contributed by atoms with Crippen LogP contribution in [0.2, 0.25) is 0 Å². The van der Waals surface area contributed by atoms with Crippen molar-refractivity contribution in [2.75, 3.05) is 12.4 Å². The lowest BCUT2D eigenvalue weighted by Crippen LogP contribution is -2.62. The van der Waals surface area contributed by atoms with Gasteiger partial charge in [0.15, 0.2) is 6.10 Å². The van der Waals surface area contributed by atoms with Gasteiger partial charge in [-0.05, 0) is 55.1 Å². The predicted octanol–water partition coefficient (Wildman–Crippen LogP) is 4.35. The van der Waals surface area contributed by atoms with Crippen LogP contribution in [0.15, 0.2) is 60.7 Å². The largest absolute Gasteiger partial charge is 0.381 e. The summed E-state index contributed by atoms with van der Waals surface area (Å²) in [6.07, 6.45) is -0.690. The minimum Gasteiger partial charge on any atom is -0.381 e. The van der Waals surface area contributed by atoms with Crippen LogP contribution in [0, 0.1) is 17.3 Å². The second-order valence-corrected chi connectivity index (χ2v) is 17.7. The lowest BCUT2D eigenvalue weighted by Gasteiger charge is -2.35. The van der Waals surface area contributed by atoms with Crippen LogP contribution in [0.3, 0.4) is 0 Å². The van der Waals surface area contributed by atoms with E-state index in [4.69, 9.17) is 0 Å². The molecule has 52 heavy (non-hydrogen) atoms. The fourth-order valence-corrected chi connectivity index (χ4v) is 7.17. The summed E-state index contributed by atoms with van der Waals surface area (Å²) in [5, 5.41) is 23.3. The number of carbonyl (C=O) groups is 5. The molecule has 1 aliphatic heterocycles. The van der Waals surface area contributed by atoms with Gasteiger partial charge in [-0.2, -0.15) is 0 Å². The first-order valence-electron chi connectivity index (χ1n) is 18.2. The molecule has 1 saturated heterocycles. The van der Waals surface area contributed by atoms with E-state index in [0.29, 0.717) is 24.4 Å². The van der Waals surface area contributed by atoms with E-state index in [-0.39, 0.29) is 36.5 Å². The highest BCUT2D eigenvalue weighted by atomic mass is 32.2. The molecule has 1 aliphatic rings. The van der Waals surface area contributed by atoms with E-state index in [1.807, 2.05) is 77.9 Å². The molecule has 5 amide bonds. The highest BCUT2D eigenvalue weighted by Gasteiger charge is 2.50. The molecule has 0 aromatic heterocycles. The van der Waals surface area contributed by atoms with Gasteiger partial charge < -0.3 is 31.3 Å². The number of hydrogen-bond acceptors (Lipinski definition) is 7. The van der Waals surface area contributed by atoms with Crippen molar-refractivity contribution in [2.45, 2.75) is 117 Å². The second-order valence-electron chi connectivity index (χ2n) is 16.1. The van der Waals surface area contributed by atoms with Crippen LogP contribution in [0.4, 0.5) is 0 Å². The van der Waals surface area contributed by atoms with Gasteiger partial charge in [0.2, 0.25) is 23.6 Å². The van der Waals surface area contributed by atoms with Crippen LogP contribution in [-0.4, -0.2) is 80.9 Å². The van der Waals surface area contributed by atoms with Crippen molar-refractivity contribution in [1.29, 1.82) is 0 Å². The maximum atomic E-state index is 14.2. The number of aliphatic hydroxyl groups excluding tert-OH is 1. The lowest BCUT2D eigenvalue weighted by molar-refractivity contribution is -0.148. The van der Waals surface area contributed by atoms with Gasteiger partial charge >= 0.3 is 0 Å². The van der Waals surface area contributed by atoms with Crippen molar-refractivity contribution in [3.8, 4) is 0 Å². The third kappa shape index (κ3) is 12.1. The minimum absolute atomic E-state index is 0.109. The molecule has 0 spiro atoms. The number of hydrogen-bond donors (Lipinski definition) is 5. The van der Waals surface area contributed by atoms with E-state index < -0.39 is 58.2 Å². The number of nitrogens with zero attached hydrogens (tertiary/aromatic N) is 1. The maximum Gasteiger partial charge on any atom is 0.254 e. The Bertz CT molecular complexity index is 1510. The van der Waals surface area contributed by atoms with Gasteiger partial charge in [0.05, 0.1) is 11.9 Å². The predicted molar refractivity (Wildman–Crippen MR) is 206 cm³/mol. The summed E-state index contributed by atoms with van der Waals surface area (Å²) in [4.78, 5) is 70.0. The Kier molecular flexibility index (Phi) is 15.3. The van der Waals surface area contributed by atoms with Crippen molar-refractivity contribution < 1.29 is 29.1 Å². The molecule has 3 rings (SSSR count). The Labute approximate surface area is 313 Å². The van der Waals surface area contributed by atoms with Crippen LogP contribution in [0.1, 0.15) is 92.3 Å². The summed E-state index contributed by atoms with van der Waals surface area (Å²) in [6.45, 7) is 17.6. The normalized spacial score (nSPS) is 17.9. The summed E-state index contributed by atoms with van der Waals surface area (Å²) < 4.78 is -0.615.